The number of ether oxygens (including phenoxy) is 1. The molecule has 0 spiro atoms. The molecular formula is C23H30N2O2. The summed E-state index contributed by atoms with van der Waals surface area (Å²) in [5.74, 6) is 0.710. The summed E-state index contributed by atoms with van der Waals surface area (Å²) in [6.45, 7) is 8.57. The predicted molar refractivity (Wildman–Crippen MR) is 111 cm³/mol. The number of benzene rings is 2. The van der Waals surface area contributed by atoms with E-state index in [-0.39, 0.29) is 5.91 Å². The minimum absolute atomic E-state index is 0.0611. The van der Waals surface area contributed by atoms with Crippen LogP contribution in [0.1, 0.15) is 36.5 Å². The van der Waals surface area contributed by atoms with E-state index in [9.17, 15) is 4.79 Å². The number of hydrogen-bond donors (Lipinski definition) is 1. The summed E-state index contributed by atoms with van der Waals surface area (Å²) in [5, 5.41) is 3.01. The molecule has 1 heterocycles. The average Bonchev–Trinajstić information content (AvgIpc) is 2.67. The van der Waals surface area contributed by atoms with Crippen LogP contribution in [0, 0.1) is 13.8 Å². The van der Waals surface area contributed by atoms with Crippen molar-refractivity contribution >= 4 is 11.6 Å². The molecule has 1 aliphatic heterocycles. The zero-order chi connectivity index (χ0) is 19.2. The fraction of sp³-hybridized carbons (Fsp3) is 0.435. The van der Waals surface area contributed by atoms with Gasteiger partial charge in [-0.1, -0.05) is 35.9 Å². The summed E-state index contributed by atoms with van der Waals surface area (Å²) in [5.41, 5.74) is 5.03. The molecule has 0 aromatic heterocycles. The number of nitrogens with one attached hydrogen (secondary N) is 1. The summed E-state index contributed by atoms with van der Waals surface area (Å²) in [7, 11) is 0. The molecule has 0 saturated carbocycles. The number of anilines is 1. The van der Waals surface area contributed by atoms with Gasteiger partial charge in [-0.05, 0) is 63.3 Å². The molecule has 2 aromatic carbocycles. The summed E-state index contributed by atoms with van der Waals surface area (Å²) in [6, 6.07) is 14.6. The van der Waals surface area contributed by atoms with Gasteiger partial charge in [-0.25, -0.2) is 0 Å². The lowest BCUT2D eigenvalue weighted by Crippen LogP contribution is -2.38. The minimum Gasteiger partial charge on any atom is -0.481 e. The number of carbonyl (C=O) groups excluding carboxylic acids is 1. The van der Waals surface area contributed by atoms with E-state index in [1.54, 1.807) is 6.92 Å². The number of nitrogens with zero attached hydrogens (tertiary/aromatic N) is 1. The zero-order valence-corrected chi connectivity index (χ0v) is 16.6. The Morgan fingerprint density at radius 2 is 2.04 bits per heavy atom. The third kappa shape index (κ3) is 5.03. The van der Waals surface area contributed by atoms with Gasteiger partial charge in [0.05, 0.1) is 0 Å². The first-order valence-corrected chi connectivity index (χ1v) is 9.89. The van der Waals surface area contributed by atoms with Gasteiger partial charge in [-0.3, -0.25) is 4.79 Å². The molecular weight excluding hydrogens is 336 g/mol. The maximum Gasteiger partial charge on any atom is 0.260 e. The molecule has 0 aliphatic carbocycles. The Hall–Kier alpha value is -2.49. The minimum atomic E-state index is -0.498. The Labute approximate surface area is 162 Å². The maximum absolute atomic E-state index is 12.3. The van der Waals surface area contributed by atoms with E-state index in [0.717, 1.165) is 37.2 Å². The molecule has 4 nitrogen and oxygen atoms in total. The van der Waals surface area contributed by atoms with Crippen LogP contribution >= 0.6 is 0 Å². The van der Waals surface area contributed by atoms with E-state index in [1.165, 1.54) is 23.2 Å². The van der Waals surface area contributed by atoms with Gasteiger partial charge in [0.25, 0.3) is 5.91 Å². The molecule has 1 unspecified atom stereocenters. The van der Waals surface area contributed by atoms with Crippen molar-refractivity contribution < 1.29 is 9.53 Å². The van der Waals surface area contributed by atoms with E-state index >= 15 is 0 Å². The number of aryl methyl sites for hydroxylation is 3. The van der Waals surface area contributed by atoms with Gasteiger partial charge in [0.15, 0.2) is 6.10 Å². The lowest BCUT2D eigenvalue weighted by atomic mass is 10.0. The Balaban J connectivity index is 1.43. The van der Waals surface area contributed by atoms with Crippen molar-refractivity contribution in [1.82, 2.24) is 5.32 Å². The fourth-order valence-corrected chi connectivity index (χ4v) is 3.64. The van der Waals surface area contributed by atoms with Crippen LogP contribution in [-0.2, 0) is 11.2 Å². The van der Waals surface area contributed by atoms with E-state index in [4.69, 9.17) is 4.74 Å². The number of hydrogen-bond acceptors (Lipinski definition) is 3. The molecule has 0 bridgehead atoms. The van der Waals surface area contributed by atoms with Crippen LogP contribution in [0.4, 0.5) is 5.69 Å². The number of carbonyl (C=O) groups is 1. The van der Waals surface area contributed by atoms with Gasteiger partial charge in [-0.2, -0.15) is 0 Å². The standard InChI is InChI=1S/C23H30N2O2/c1-17-11-12-22(18(2)16-17)27-19(3)23(26)24-13-7-15-25-14-6-9-20-8-4-5-10-21(20)25/h4-5,8,10-12,16,19H,6-7,9,13-15H2,1-3H3,(H,24,26). The Bertz CT molecular complexity index is 788. The molecule has 0 saturated heterocycles. The largest absolute Gasteiger partial charge is 0.481 e. The second kappa shape index (κ2) is 8.94. The van der Waals surface area contributed by atoms with Crippen LogP contribution in [-0.4, -0.2) is 31.6 Å². The highest BCUT2D eigenvalue weighted by atomic mass is 16.5. The Kier molecular flexibility index (Phi) is 6.38. The molecule has 1 aliphatic rings. The van der Waals surface area contributed by atoms with E-state index < -0.39 is 6.10 Å². The predicted octanol–water partition coefficient (Wildman–Crippen LogP) is 4.03. The van der Waals surface area contributed by atoms with Crippen molar-refractivity contribution in [1.29, 1.82) is 0 Å². The molecule has 27 heavy (non-hydrogen) atoms. The summed E-state index contributed by atoms with van der Waals surface area (Å²) in [4.78, 5) is 14.8. The van der Waals surface area contributed by atoms with Crippen LogP contribution in [0.3, 0.4) is 0 Å². The SMILES string of the molecule is Cc1ccc(OC(C)C(=O)NCCCN2CCCc3ccccc32)c(C)c1. The van der Waals surface area contributed by atoms with Crippen molar-refractivity contribution in [2.75, 3.05) is 24.5 Å². The zero-order valence-electron chi connectivity index (χ0n) is 16.6. The molecule has 4 heteroatoms. The monoisotopic (exact) mass is 366 g/mol. The van der Waals surface area contributed by atoms with Crippen molar-refractivity contribution in [2.45, 2.75) is 46.1 Å². The first kappa shape index (κ1) is 19.3. The van der Waals surface area contributed by atoms with E-state index in [0.29, 0.717) is 6.54 Å². The molecule has 1 N–H and O–H groups in total. The fourth-order valence-electron chi connectivity index (χ4n) is 3.64. The van der Waals surface area contributed by atoms with Gasteiger partial charge < -0.3 is 15.0 Å². The molecule has 0 radical (unpaired) electrons. The Morgan fingerprint density at radius 1 is 1.22 bits per heavy atom. The van der Waals surface area contributed by atoms with Gasteiger partial charge in [-0.15, -0.1) is 0 Å². The van der Waals surface area contributed by atoms with E-state index in [1.807, 2.05) is 26.0 Å². The second-order valence-electron chi connectivity index (χ2n) is 7.39. The smallest absolute Gasteiger partial charge is 0.260 e. The first-order chi connectivity index (χ1) is 13.0. The average molecular weight is 367 g/mol. The van der Waals surface area contributed by atoms with Gasteiger partial charge in [0.2, 0.25) is 0 Å². The number of para-hydroxylation sites is 1. The van der Waals surface area contributed by atoms with Gasteiger partial charge in [0.1, 0.15) is 5.75 Å². The second-order valence-corrected chi connectivity index (χ2v) is 7.39. The summed E-state index contributed by atoms with van der Waals surface area (Å²) >= 11 is 0. The third-order valence-electron chi connectivity index (χ3n) is 5.11. The topological polar surface area (TPSA) is 41.6 Å². The van der Waals surface area contributed by atoms with Crippen LogP contribution in [0.5, 0.6) is 5.75 Å². The molecule has 144 valence electrons. The summed E-state index contributed by atoms with van der Waals surface area (Å²) < 4.78 is 5.83. The first-order valence-electron chi connectivity index (χ1n) is 9.89. The number of rotatable bonds is 7. The Morgan fingerprint density at radius 3 is 2.85 bits per heavy atom. The highest BCUT2D eigenvalue weighted by Crippen LogP contribution is 2.26. The molecule has 3 rings (SSSR count). The highest BCUT2D eigenvalue weighted by molar-refractivity contribution is 5.80. The molecule has 0 fully saturated rings. The number of fused-ring (bicyclic) bond motifs is 1. The van der Waals surface area contributed by atoms with Crippen LogP contribution < -0.4 is 15.0 Å². The molecule has 1 amide bonds. The lowest BCUT2D eigenvalue weighted by molar-refractivity contribution is -0.127. The van der Waals surface area contributed by atoms with Gasteiger partial charge in [0, 0.05) is 25.3 Å². The molecule has 2 aromatic rings. The lowest BCUT2D eigenvalue weighted by Gasteiger charge is -2.31. The third-order valence-corrected chi connectivity index (χ3v) is 5.11. The van der Waals surface area contributed by atoms with Crippen LogP contribution in [0.25, 0.3) is 0 Å². The number of amides is 1. The normalized spacial score (nSPS) is 14.4. The summed E-state index contributed by atoms with van der Waals surface area (Å²) in [6.07, 6.45) is 2.79. The quantitative estimate of drug-likeness (QED) is 0.752. The highest BCUT2D eigenvalue weighted by Gasteiger charge is 2.17. The van der Waals surface area contributed by atoms with Gasteiger partial charge >= 0.3 is 0 Å². The van der Waals surface area contributed by atoms with Crippen molar-refractivity contribution in [3.8, 4) is 5.75 Å². The molecule has 1 atom stereocenters. The van der Waals surface area contributed by atoms with Crippen molar-refractivity contribution in [3.05, 3.63) is 59.2 Å². The van der Waals surface area contributed by atoms with Crippen LogP contribution in [0.2, 0.25) is 0 Å². The maximum atomic E-state index is 12.3. The van der Waals surface area contributed by atoms with Crippen LogP contribution in [0.15, 0.2) is 42.5 Å². The van der Waals surface area contributed by atoms with E-state index in [2.05, 4.69) is 40.5 Å². The van der Waals surface area contributed by atoms with Crippen molar-refractivity contribution in [3.63, 3.8) is 0 Å². The van der Waals surface area contributed by atoms with Crippen molar-refractivity contribution in [2.24, 2.45) is 0 Å².